The summed E-state index contributed by atoms with van der Waals surface area (Å²) in [6, 6.07) is 24.5. The summed E-state index contributed by atoms with van der Waals surface area (Å²) < 4.78 is 28.7. The van der Waals surface area contributed by atoms with Crippen LogP contribution in [0, 0.1) is 11.3 Å². The van der Waals surface area contributed by atoms with Crippen molar-refractivity contribution < 1.29 is 8.42 Å². The van der Waals surface area contributed by atoms with E-state index in [4.69, 9.17) is 5.26 Å². The lowest BCUT2D eigenvalue weighted by atomic mass is 9.99. The van der Waals surface area contributed by atoms with Crippen LogP contribution in [0.3, 0.4) is 0 Å². The van der Waals surface area contributed by atoms with Crippen LogP contribution in [0.25, 0.3) is 0 Å². The van der Waals surface area contributed by atoms with Gasteiger partial charge in [-0.1, -0.05) is 64.5 Å². The van der Waals surface area contributed by atoms with E-state index < -0.39 is 16.1 Å². The molecule has 4 nitrogen and oxygen atoms in total. The standard InChI is InChI=1S/C21H17BrN2O2S/c1-24(27(25,26)18-13-11-16(15-23)12-14-18)21(17-7-3-2-4-8-17)19-9-5-6-10-20(19)22/h2-14,21H,1H3. The molecule has 0 bridgehead atoms. The Kier molecular flexibility index (Phi) is 5.76. The first-order chi connectivity index (χ1) is 12.9. The van der Waals surface area contributed by atoms with Crippen LogP contribution in [0.4, 0.5) is 0 Å². The molecule has 0 amide bonds. The lowest BCUT2D eigenvalue weighted by molar-refractivity contribution is 0.417. The first-order valence-electron chi connectivity index (χ1n) is 8.22. The highest BCUT2D eigenvalue weighted by Gasteiger charge is 2.31. The van der Waals surface area contributed by atoms with E-state index >= 15 is 0 Å². The van der Waals surface area contributed by atoms with Crippen molar-refractivity contribution in [3.63, 3.8) is 0 Å². The van der Waals surface area contributed by atoms with Crippen LogP contribution < -0.4 is 0 Å². The number of rotatable bonds is 5. The van der Waals surface area contributed by atoms with Crippen LogP contribution in [0.2, 0.25) is 0 Å². The van der Waals surface area contributed by atoms with E-state index in [0.717, 1.165) is 15.6 Å². The molecule has 0 aliphatic carbocycles. The summed E-state index contributed by atoms with van der Waals surface area (Å²) >= 11 is 3.55. The maximum absolute atomic E-state index is 13.3. The van der Waals surface area contributed by atoms with Gasteiger partial charge in [0, 0.05) is 11.5 Å². The molecule has 0 heterocycles. The summed E-state index contributed by atoms with van der Waals surface area (Å²) in [6.45, 7) is 0. The molecule has 0 aliphatic rings. The first kappa shape index (κ1) is 19.3. The smallest absolute Gasteiger partial charge is 0.207 e. The van der Waals surface area contributed by atoms with E-state index in [9.17, 15) is 8.42 Å². The molecule has 27 heavy (non-hydrogen) atoms. The maximum atomic E-state index is 13.3. The second kappa shape index (κ2) is 8.05. The summed E-state index contributed by atoms with van der Waals surface area (Å²) in [5, 5.41) is 8.94. The van der Waals surface area contributed by atoms with Crippen LogP contribution in [0.1, 0.15) is 22.7 Å². The molecule has 0 aliphatic heterocycles. The molecule has 0 saturated heterocycles. The number of nitriles is 1. The van der Waals surface area contributed by atoms with Gasteiger partial charge in [-0.25, -0.2) is 8.42 Å². The second-order valence-electron chi connectivity index (χ2n) is 5.99. The molecular weight excluding hydrogens is 424 g/mol. The van der Waals surface area contributed by atoms with Crippen molar-refractivity contribution in [2.24, 2.45) is 0 Å². The van der Waals surface area contributed by atoms with Gasteiger partial charge in [0.15, 0.2) is 0 Å². The molecule has 0 spiro atoms. The third-order valence-corrected chi connectivity index (χ3v) is 6.90. The van der Waals surface area contributed by atoms with Gasteiger partial charge in [0.2, 0.25) is 10.0 Å². The van der Waals surface area contributed by atoms with Crippen molar-refractivity contribution in [1.29, 1.82) is 5.26 Å². The Morgan fingerprint density at radius 2 is 1.52 bits per heavy atom. The summed E-state index contributed by atoms with van der Waals surface area (Å²) in [4.78, 5) is 0.150. The van der Waals surface area contributed by atoms with Gasteiger partial charge < -0.3 is 0 Å². The highest BCUT2D eigenvalue weighted by molar-refractivity contribution is 9.10. The van der Waals surface area contributed by atoms with E-state index in [0.29, 0.717) is 5.56 Å². The van der Waals surface area contributed by atoms with E-state index in [1.165, 1.54) is 28.6 Å². The minimum absolute atomic E-state index is 0.150. The number of benzene rings is 3. The largest absolute Gasteiger partial charge is 0.243 e. The molecule has 0 fully saturated rings. The predicted molar refractivity (Wildman–Crippen MR) is 109 cm³/mol. The van der Waals surface area contributed by atoms with E-state index in [-0.39, 0.29) is 4.90 Å². The molecule has 0 saturated carbocycles. The van der Waals surface area contributed by atoms with Crippen LogP contribution in [-0.2, 0) is 10.0 Å². The predicted octanol–water partition coefficient (Wildman–Crippen LogP) is 4.73. The minimum atomic E-state index is -3.77. The zero-order chi connectivity index (χ0) is 19.4. The van der Waals surface area contributed by atoms with Gasteiger partial charge in [0.25, 0.3) is 0 Å². The molecule has 1 unspecified atom stereocenters. The summed E-state index contributed by atoms with van der Waals surface area (Å²) in [5.74, 6) is 0. The van der Waals surface area contributed by atoms with E-state index in [2.05, 4.69) is 15.9 Å². The highest BCUT2D eigenvalue weighted by atomic mass is 79.9. The van der Waals surface area contributed by atoms with Gasteiger partial charge in [-0.3, -0.25) is 0 Å². The van der Waals surface area contributed by atoms with Gasteiger partial charge in [0.1, 0.15) is 0 Å². The normalized spacial score (nSPS) is 12.5. The summed E-state index contributed by atoms with van der Waals surface area (Å²) in [5.41, 5.74) is 2.13. The van der Waals surface area contributed by atoms with Gasteiger partial charge in [-0.15, -0.1) is 0 Å². The Morgan fingerprint density at radius 3 is 2.11 bits per heavy atom. The molecule has 0 N–H and O–H groups in total. The highest BCUT2D eigenvalue weighted by Crippen LogP contribution is 2.35. The van der Waals surface area contributed by atoms with Crippen LogP contribution in [0.15, 0.2) is 88.2 Å². The van der Waals surface area contributed by atoms with Crippen LogP contribution in [0.5, 0.6) is 0 Å². The maximum Gasteiger partial charge on any atom is 0.243 e. The van der Waals surface area contributed by atoms with Crippen LogP contribution in [-0.4, -0.2) is 19.8 Å². The lowest BCUT2D eigenvalue weighted by Crippen LogP contribution is -2.32. The number of halogens is 1. The molecule has 3 aromatic carbocycles. The van der Waals surface area contributed by atoms with Crippen molar-refractivity contribution in [2.45, 2.75) is 10.9 Å². The van der Waals surface area contributed by atoms with Crippen molar-refractivity contribution in [1.82, 2.24) is 4.31 Å². The van der Waals surface area contributed by atoms with Crippen molar-refractivity contribution in [3.8, 4) is 6.07 Å². The zero-order valence-corrected chi connectivity index (χ0v) is 17.0. The fraction of sp³-hybridized carbons (Fsp3) is 0.0952. The fourth-order valence-corrected chi connectivity index (χ4v) is 4.75. The van der Waals surface area contributed by atoms with Crippen molar-refractivity contribution in [2.75, 3.05) is 7.05 Å². The van der Waals surface area contributed by atoms with Gasteiger partial charge >= 0.3 is 0 Å². The lowest BCUT2D eigenvalue weighted by Gasteiger charge is -2.29. The molecule has 136 valence electrons. The summed E-state index contributed by atoms with van der Waals surface area (Å²) in [7, 11) is -2.20. The zero-order valence-electron chi connectivity index (χ0n) is 14.6. The average molecular weight is 441 g/mol. The van der Waals surface area contributed by atoms with Gasteiger partial charge in [0.05, 0.1) is 22.6 Å². The van der Waals surface area contributed by atoms with Gasteiger partial charge in [-0.2, -0.15) is 9.57 Å². The summed E-state index contributed by atoms with van der Waals surface area (Å²) in [6.07, 6.45) is 0. The molecule has 0 radical (unpaired) electrons. The number of nitrogens with zero attached hydrogens (tertiary/aromatic N) is 2. The first-order valence-corrected chi connectivity index (χ1v) is 10.5. The molecule has 1 atom stereocenters. The molecule has 0 aromatic heterocycles. The topological polar surface area (TPSA) is 61.2 Å². The third-order valence-electron chi connectivity index (χ3n) is 4.34. The Hall–Kier alpha value is -2.46. The van der Waals surface area contributed by atoms with Crippen molar-refractivity contribution >= 4 is 26.0 Å². The average Bonchev–Trinajstić information content (AvgIpc) is 2.70. The SMILES string of the molecule is CN(C(c1ccccc1)c1ccccc1Br)S(=O)(=O)c1ccc(C#N)cc1. The van der Waals surface area contributed by atoms with E-state index in [1.54, 1.807) is 7.05 Å². The Balaban J connectivity index is 2.11. The molecule has 6 heteroatoms. The minimum Gasteiger partial charge on any atom is -0.207 e. The third kappa shape index (κ3) is 3.96. The number of hydrogen-bond acceptors (Lipinski definition) is 3. The quantitative estimate of drug-likeness (QED) is 0.575. The number of hydrogen-bond donors (Lipinski definition) is 0. The monoisotopic (exact) mass is 440 g/mol. The fourth-order valence-electron chi connectivity index (χ4n) is 2.92. The van der Waals surface area contributed by atoms with Crippen LogP contribution >= 0.6 is 15.9 Å². The van der Waals surface area contributed by atoms with Crippen molar-refractivity contribution in [3.05, 3.63) is 100 Å². The Morgan fingerprint density at radius 1 is 0.926 bits per heavy atom. The van der Waals surface area contributed by atoms with Gasteiger partial charge in [-0.05, 0) is 41.5 Å². The second-order valence-corrected chi connectivity index (χ2v) is 8.84. The van der Waals surface area contributed by atoms with E-state index in [1.807, 2.05) is 60.7 Å². The Bertz CT molecular complexity index is 1080. The number of sulfonamides is 1. The Labute approximate surface area is 167 Å². The molecule has 3 rings (SSSR count). The molecule has 3 aromatic rings. The molecular formula is C21H17BrN2O2S.